The summed E-state index contributed by atoms with van der Waals surface area (Å²) in [6.45, 7) is 9.56. The first kappa shape index (κ1) is 11.2. The Morgan fingerprint density at radius 1 is 1.21 bits per heavy atom. The van der Waals surface area contributed by atoms with Gasteiger partial charge >= 0.3 is 0 Å². The van der Waals surface area contributed by atoms with Crippen LogP contribution in [0.3, 0.4) is 0 Å². The second-order valence-corrected chi connectivity index (χ2v) is 4.66. The maximum atomic E-state index is 4.22. The average molecular weight is 192 g/mol. The van der Waals surface area contributed by atoms with Crippen molar-refractivity contribution >= 4 is 0 Å². The van der Waals surface area contributed by atoms with E-state index < -0.39 is 0 Å². The molecule has 0 bridgehead atoms. The van der Waals surface area contributed by atoms with Crippen molar-refractivity contribution in [1.29, 1.82) is 0 Å². The van der Waals surface area contributed by atoms with Crippen LogP contribution in [0.2, 0.25) is 0 Å². The fourth-order valence-corrected chi connectivity index (χ4v) is 1.20. The molecule has 1 aromatic rings. The van der Waals surface area contributed by atoms with Gasteiger partial charge in [-0.3, -0.25) is 4.98 Å². The molecule has 0 aliphatic heterocycles. The Balaban J connectivity index is 2.59. The van der Waals surface area contributed by atoms with Gasteiger partial charge in [-0.15, -0.1) is 0 Å². The Morgan fingerprint density at radius 3 is 2.43 bits per heavy atom. The Labute approximate surface area is 86.8 Å². The van der Waals surface area contributed by atoms with Gasteiger partial charge in [0.1, 0.15) is 0 Å². The van der Waals surface area contributed by atoms with Crippen LogP contribution < -0.4 is 5.32 Å². The maximum absolute atomic E-state index is 4.22. The fourth-order valence-electron chi connectivity index (χ4n) is 1.20. The third-order valence-electron chi connectivity index (χ3n) is 2.08. The molecular formula is C12H20N2. The fraction of sp³-hybridized carbons (Fsp3) is 0.583. The van der Waals surface area contributed by atoms with Crippen LogP contribution in [0.15, 0.2) is 18.5 Å². The van der Waals surface area contributed by atoms with Gasteiger partial charge in [-0.05, 0) is 38.3 Å². The van der Waals surface area contributed by atoms with Crippen molar-refractivity contribution in [2.45, 2.75) is 46.2 Å². The molecule has 78 valence electrons. The van der Waals surface area contributed by atoms with Gasteiger partial charge < -0.3 is 5.32 Å². The third kappa shape index (κ3) is 3.88. The highest BCUT2D eigenvalue weighted by Crippen LogP contribution is 2.06. The number of aryl methyl sites for hydroxylation is 1. The Hall–Kier alpha value is -0.890. The molecule has 0 aromatic carbocycles. The van der Waals surface area contributed by atoms with E-state index in [4.69, 9.17) is 0 Å². The van der Waals surface area contributed by atoms with E-state index in [1.54, 1.807) is 0 Å². The quantitative estimate of drug-likeness (QED) is 0.796. The molecule has 0 atom stereocenters. The Bertz CT molecular complexity index is 287. The van der Waals surface area contributed by atoms with Gasteiger partial charge in [-0.2, -0.15) is 0 Å². The van der Waals surface area contributed by atoms with Gasteiger partial charge in [0.15, 0.2) is 0 Å². The van der Waals surface area contributed by atoms with Crippen molar-refractivity contribution in [1.82, 2.24) is 10.3 Å². The molecular weight excluding hydrogens is 172 g/mol. The zero-order chi connectivity index (χ0) is 10.6. The lowest BCUT2D eigenvalue weighted by Crippen LogP contribution is -2.35. The van der Waals surface area contributed by atoms with Crippen LogP contribution in [0.1, 0.15) is 38.8 Å². The summed E-state index contributed by atoms with van der Waals surface area (Å²) in [6, 6.07) is 2.21. The summed E-state index contributed by atoms with van der Waals surface area (Å²) < 4.78 is 0. The molecule has 0 saturated heterocycles. The summed E-state index contributed by atoms with van der Waals surface area (Å²) in [5.74, 6) is 0. The second-order valence-electron chi connectivity index (χ2n) is 4.66. The van der Waals surface area contributed by atoms with E-state index >= 15 is 0 Å². The predicted molar refractivity (Wildman–Crippen MR) is 60.2 cm³/mol. The second kappa shape index (κ2) is 4.56. The summed E-state index contributed by atoms with van der Waals surface area (Å²) in [7, 11) is 0. The number of nitrogens with zero attached hydrogens (tertiary/aromatic N) is 1. The highest BCUT2D eigenvalue weighted by atomic mass is 14.9. The number of nitrogens with one attached hydrogen (secondary N) is 1. The van der Waals surface area contributed by atoms with Crippen molar-refractivity contribution in [3.05, 3.63) is 29.6 Å². The largest absolute Gasteiger partial charge is 0.308 e. The molecule has 1 rings (SSSR count). The molecule has 1 N–H and O–H groups in total. The van der Waals surface area contributed by atoms with Crippen LogP contribution in [-0.2, 0) is 13.0 Å². The van der Waals surface area contributed by atoms with Gasteiger partial charge in [0.05, 0.1) is 0 Å². The molecule has 0 unspecified atom stereocenters. The third-order valence-corrected chi connectivity index (χ3v) is 2.08. The standard InChI is InChI=1S/C12H20N2/c1-5-10-6-11(8-13-7-10)9-14-12(2,3)4/h6-8,14H,5,9H2,1-4H3. The van der Waals surface area contributed by atoms with Crippen LogP contribution in [0.5, 0.6) is 0 Å². The minimum Gasteiger partial charge on any atom is -0.308 e. The molecule has 0 saturated carbocycles. The normalized spacial score (nSPS) is 11.7. The van der Waals surface area contributed by atoms with Crippen molar-refractivity contribution in [2.75, 3.05) is 0 Å². The lowest BCUT2D eigenvalue weighted by molar-refractivity contribution is 0.424. The van der Waals surface area contributed by atoms with Crippen molar-refractivity contribution < 1.29 is 0 Å². The van der Waals surface area contributed by atoms with Crippen LogP contribution in [-0.4, -0.2) is 10.5 Å². The van der Waals surface area contributed by atoms with Gasteiger partial charge in [0.2, 0.25) is 0 Å². The molecule has 0 radical (unpaired) electrons. The van der Waals surface area contributed by atoms with Crippen molar-refractivity contribution in [2.24, 2.45) is 0 Å². The van der Waals surface area contributed by atoms with Crippen molar-refractivity contribution in [3.8, 4) is 0 Å². The highest BCUT2D eigenvalue weighted by Gasteiger charge is 2.08. The van der Waals surface area contributed by atoms with E-state index in [0.717, 1.165) is 13.0 Å². The Morgan fingerprint density at radius 2 is 1.86 bits per heavy atom. The van der Waals surface area contributed by atoms with Gasteiger partial charge in [0, 0.05) is 24.5 Å². The molecule has 0 aliphatic rings. The summed E-state index contributed by atoms with van der Waals surface area (Å²) >= 11 is 0. The van der Waals surface area contributed by atoms with Gasteiger partial charge in [0.25, 0.3) is 0 Å². The van der Waals surface area contributed by atoms with E-state index in [9.17, 15) is 0 Å². The summed E-state index contributed by atoms with van der Waals surface area (Å²) in [6.07, 6.45) is 4.91. The van der Waals surface area contributed by atoms with Gasteiger partial charge in [-0.25, -0.2) is 0 Å². The van der Waals surface area contributed by atoms with Crippen molar-refractivity contribution in [3.63, 3.8) is 0 Å². The SMILES string of the molecule is CCc1cncc(CNC(C)(C)C)c1. The number of aromatic nitrogens is 1. The van der Waals surface area contributed by atoms with E-state index in [1.165, 1.54) is 11.1 Å². The smallest absolute Gasteiger partial charge is 0.0313 e. The number of hydrogen-bond donors (Lipinski definition) is 1. The van der Waals surface area contributed by atoms with Crippen LogP contribution in [0, 0.1) is 0 Å². The maximum Gasteiger partial charge on any atom is 0.0313 e. The zero-order valence-electron chi connectivity index (χ0n) is 9.59. The van der Waals surface area contributed by atoms with E-state index in [-0.39, 0.29) is 5.54 Å². The molecule has 0 spiro atoms. The van der Waals surface area contributed by atoms with Crippen LogP contribution >= 0.6 is 0 Å². The molecule has 2 nitrogen and oxygen atoms in total. The number of pyridine rings is 1. The van der Waals surface area contributed by atoms with Crippen LogP contribution in [0.4, 0.5) is 0 Å². The minimum absolute atomic E-state index is 0.169. The first-order valence-corrected chi connectivity index (χ1v) is 5.19. The number of rotatable bonds is 3. The predicted octanol–water partition coefficient (Wildman–Crippen LogP) is 2.53. The lowest BCUT2D eigenvalue weighted by atomic mass is 10.1. The minimum atomic E-state index is 0.169. The summed E-state index contributed by atoms with van der Waals surface area (Å²) in [5.41, 5.74) is 2.74. The molecule has 14 heavy (non-hydrogen) atoms. The first-order valence-electron chi connectivity index (χ1n) is 5.19. The molecule has 2 heteroatoms. The summed E-state index contributed by atoms with van der Waals surface area (Å²) in [5, 5.41) is 3.45. The van der Waals surface area contributed by atoms with E-state index in [1.807, 2.05) is 12.4 Å². The first-order chi connectivity index (χ1) is 6.51. The topological polar surface area (TPSA) is 24.9 Å². The molecule has 1 aromatic heterocycles. The Kier molecular flexibility index (Phi) is 3.64. The zero-order valence-corrected chi connectivity index (χ0v) is 9.59. The molecule has 0 fully saturated rings. The molecule has 0 aliphatic carbocycles. The number of hydrogen-bond acceptors (Lipinski definition) is 2. The lowest BCUT2D eigenvalue weighted by Gasteiger charge is -2.20. The van der Waals surface area contributed by atoms with Crippen LogP contribution in [0.25, 0.3) is 0 Å². The molecule has 0 amide bonds. The summed E-state index contributed by atoms with van der Waals surface area (Å²) in [4.78, 5) is 4.22. The molecule has 1 heterocycles. The van der Waals surface area contributed by atoms with E-state index in [0.29, 0.717) is 0 Å². The average Bonchev–Trinajstić information content (AvgIpc) is 2.14. The highest BCUT2D eigenvalue weighted by molar-refractivity contribution is 5.17. The monoisotopic (exact) mass is 192 g/mol. The van der Waals surface area contributed by atoms with Gasteiger partial charge in [-0.1, -0.05) is 13.0 Å². The van der Waals surface area contributed by atoms with E-state index in [2.05, 4.69) is 44.1 Å².